The van der Waals surface area contributed by atoms with Gasteiger partial charge in [0.1, 0.15) is 11.6 Å². The minimum absolute atomic E-state index is 0.0806. The number of rotatable bonds is 8. The molecule has 5 heteroatoms. The van der Waals surface area contributed by atoms with Gasteiger partial charge in [-0.15, -0.1) is 0 Å². The highest BCUT2D eigenvalue weighted by molar-refractivity contribution is 5.78. The summed E-state index contributed by atoms with van der Waals surface area (Å²) < 4.78 is 18.5. The van der Waals surface area contributed by atoms with E-state index in [1.54, 1.807) is 19.2 Å². The Morgan fingerprint density at radius 1 is 1.14 bits per heavy atom. The Balaban J connectivity index is 1.33. The lowest BCUT2D eigenvalue weighted by Crippen LogP contribution is -2.42. The molecule has 0 aromatic heterocycles. The molecule has 0 aliphatic carbocycles. The second kappa shape index (κ2) is 10.2. The first-order chi connectivity index (χ1) is 13.6. The maximum Gasteiger partial charge on any atom is 0.234 e. The predicted molar refractivity (Wildman–Crippen MR) is 109 cm³/mol. The van der Waals surface area contributed by atoms with Crippen molar-refractivity contribution in [2.24, 2.45) is 5.92 Å². The molecule has 4 nitrogen and oxygen atoms in total. The standard InChI is InChI=1S/C23H29FN2O2/c1-28-22-7-5-18(6-8-22)9-12-25-23(27)17-26-13-10-19(11-14-26)15-20-3-2-4-21(24)16-20/h2-8,16,19H,9-15,17H2,1H3,(H,25,27). The molecule has 150 valence electrons. The van der Waals surface area contributed by atoms with Gasteiger partial charge < -0.3 is 10.1 Å². The summed E-state index contributed by atoms with van der Waals surface area (Å²) in [4.78, 5) is 14.4. The second-order valence-electron chi connectivity index (χ2n) is 7.50. The molecule has 0 atom stereocenters. The van der Waals surface area contributed by atoms with E-state index < -0.39 is 0 Å². The van der Waals surface area contributed by atoms with Crippen molar-refractivity contribution in [3.63, 3.8) is 0 Å². The van der Waals surface area contributed by atoms with Gasteiger partial charge in [-0.2, -0.15) is 0 Å². The smallest absolute Gasteiger partial charge is 0.234 e. The highest BCUT2D eigenvalue weighted by atomic mass is 19.1. The SMILES string of the molecule is COc1ccc(CCNC(=O)CN2CCC(Cc3cccc(F)c3)CC2)cc1. The molecule has 1 N–H and O–H groups in total. The number of halogens is 1. The normalized spacial score (nSPS) is 15.4. The summed E-state index contributed by atoms with van der Waals surface area (Å²) in [7, 11) is 1.65. The van der Waals surface area contributed by atoms with E-state index in [1.165, 1.54) is 11.6 Å². The number of ether oxygens (including phenoxy) is 1. The maximum atomic E-state index is 13.3. The van der Waals surface area contributed by atoms with Crippen molar-refractivity contribution in [2.45, 2.75) is 25.7 Å². The zero-order valence-electron chi connectivity index (χ0n) is 16.5. The van der Waals surface area contributed by atoms with Crippen molar-refractivity contribution in [1.29, 1.82) is 0 Å². The van der Waals surface area contributed by atoms with Gasteiger partial charge in [-0.05, 0) is 80.1 Å². The molecule has 1 fully saturated rings. The highest BCUT2D eigenvalue weighted by Gasteiger charge is 2.21. The number of hydrogen-bond acceptors (Lipinski definition) is 3. The number of nitrogens with one attached hydrogen (secondary N) is 1. The van der Waals surface area contributed by atoms with Crippen molar-refractivity contribution in [1.82, 2.24) is 10.2 Å². The fraction of sp³-hybridized carbons (Fsp3) is 0.435. The Kier molecular flexibility index (Phi) is 7.43. The van der Waals surface area contributed by atoms with Crippen LogP contribution in [0.25, 0.3) is 0 Å². The summed E-state index contributed by atoms with van der Waals surface area (Å²) in [5.74, 6) is 1.32. The Morgan fingerprint density at radius 2 is 1.89 bits per heavy atom. The molecule has 1 amide bonds. The van der Waals surface area contributed by atoms with Gasteiger partial charge in [0.2, 0.25) is 5.91 Å². The van der Waals surface area contributed by atoms with Crippen molar-refractivity contribution >= 4 is 5.91 Å². The Labute approximate surface area is 166 Å². The zero-order chi connectivity index (χ0) is 19.8. The molecule has 3 rings (SSSR count). The summed E-state index contributed by atoms with van der Waals surface area (Å²) in [6, 6.07) is 14.8. The van der Waals surface area contributed by atoms with Crippen LogP contribution in [0.3, 0.4) is 0 Å². The summed E-state index contributed by atoms with van der Waals surface area (Å²) >= 11 is 0. The van der Waals surface area contributed by atoms with Crippen LogP contribution in [0.1, 0.15) is 24.0 Å². The molecule has 0 spiro atoms. The molecule has 1 heterocycles. The molecule has 2 aromatic rings. The summed E-state index contributed by atoms with van der Waals surface area (Å²) in [6.07, 6.45) is 3.83. The lowest BCUT2D eigenvalue weighted by Gasteiger charge is -2.31. The van der Waals surface area contributed by atoms with Gasteiger partial charge in [-0.1, -0.05) is 24.3 Å². The van der Waals surface area contributed by atoms with Crippen LogP contribution >= 0.6 is 0 Å². The molecule has 1 aliphatic rings. The third-order valence-electron chi connectivity index (χ3n) is 5.38. The van der Waals surface area contributed by atoms with Gasteiger partial charge >= 0.3 is 0 Å². The van der Waals surface area contributed by atoms with Crippen LogP contribution in [-0.4, -0.2) is 44.1 Å². The van der Waals surface area contributed by atoms with Crippen LogP contribution < -0.4 is 10.1 Å². The van der Waals surface area contributed by atoms with Crippen molar-refractivity contribution in [3.8, 4) is 5.75 Å². The fourth-order valence-corrected chi connectivity index (χ4v) is 3.74. The van der Waals surface area contributed by atoms with Crippen molar-refractivity contribution in [3.05, 3.63) is 65.5 Å². The fourth-order valence-electron chi connectivity index (χ4n) is 3.74. The van der Waals surface area contributed by atoms with Crippen LogP contribution in [0.4, 0.5) is 4.39 Å². The number of methoxy groups -OCH3 is 1. The number of piperidine rings is 1. The van der Waals surface area contributed by atoms with Crippen LogP contribution in [0, 0.1) is 11.7 Å². The van der Waals surface area contributed by atoms with Gasteiger partial charge in [0.25, 0.3) is 0 Å². The molecule has 0 saturated carbocycles. The van der Waals surface area contributed by atoms with E-state index in [9.17, 15) is 9.18 Å². The maximum absolute atomic E-state index is 13.3. The van der Waals surface area contributed by atoms with E-state index >= 15 is 0 Å². The Bertz CT molecular complexity index is 755. The average molecular weight is 384 g/mol. The number of likely N-dealkylation sites (tertiary alicyclic amines) is 1. The monoisotopic (exact) mass is 384 g/mol. The first-order valence-electron chi connectivity index (χ1n) is 9.99. The van der Waals surface area contributed by atoms with E-state index in [-0.39, 0.29) is 11.7 Å². The number of carbonyl (C=O) groups excluding carboxylic acids is 1. The van der Waals surface area contributed by atoms with Crippen LogP contribution in [0.5, 0.6) is 5.75 Å². The van der Waals surface area contributed by atoms with Crippen molar-refractivity contribution in [2.75, 3.05) is 33.3 Å². The number of carbonyl (C=O) groups is 1. The van der Waals surface area contributed by atoms with Gasteiger partial charge in [0.15, 0.2) is 0 Å². The molecule has 28 heavy (non-hydrogen) atoms. The lowest BCUT2D eigenvalue weighted by molar-refractivity contribution is -0.122. The summed E-state index contributed by atoms with van der Waals surface area (Å²) in [6.45, 7) is 2.94. The minimum atomic E-state index is -0.166. The zero-order valence-corrected chi connectivity index (χ0v) is 16.5. The minimum Gasteiger partial charge on any atom is -0.497 e. The van der Waals surface area contributed by atoms with Gasteiger partial charge in [0, 0.05) is 6.54 Å². The summed E-state index contributed by atoms with van der Waals surface area (Å²) in [5, 5.41) is 3.01. The molecule has 1 aliphatic heterocycles. The highest BCUT2D eigenvalue weighted by Crippen LogP contribution is 2.22. The van der Waals surface area contributed by atoms with Crippen LogP contribution in [0.15, 0.2) is 48.5 Å². The first kappa shape index (κ1) is 20.3. The average Bonchev–Trinajstić information content (AvgIpc) is 2.70. The number of nitrogens with zero attached hydrogens (tertiary/aromatic N) is 1. The molecule has 1 saturated heterocycles. The molecule has 0 bridgehead atoms. The van der Waals surface area contributed by atoms with E-state index in [0.29, 0.717) is 19.0 Å². The second-order valence-corrected chi connectivity index (χ2v) is 7.50. The third-order valence-corrected chi connectivity index (χ3v) is 5.38. The molecular weight excluding hydrogens is 355 g/mol. The number of amides is 1. The van der Waals surface area contributed by atoms with Gasteiger partial charge in [0.05, 0.1) is 13.7 Å². The van der Waals surface area contributed by atoms with Gasteiger partial charge in [-0.3, -0.25) is 9.69 Å². The van der Waals surface area contributed by atoms with Gasteiger partial charge in [-0.25, -0.2) is 4.39 Å². The Hall–Kier alpha value is -2.40. The van der Waals surface area contributed by atoms with Crippen molar-refractivity contribution < 1.29 is 13.9 Å². The topological polar surface area (TPSA) is 41.6 Å². The van der Waals surface area contributed by atoms with Crippen LogP contribution in [-0.2, 0) is 17.6 Å². The first-order valence-corrected chi connectivity index (χ1v) is 9.99. The van der Waals surface area contributed by atoms with E-state index in [2.05, 4.69) is 10.2 Å². The number of benzene rings is 2. The molecule has 0 unspecified atom stereocenters. The van der Waals surface area contributed by atoms with E-state index in [4.69, 9.17) is 4.74 Å². The quantitative estimate of drug-likeness (QED) is 0.758. The van der Waals surface area contributed by atoms with E-state index in [1.807, 2.05) is 30.3 Å². The van der Waals surface area contributed by atoms with Crippen LogP contribution in [0.2, 0.25) is 0 Å². The van der Waals surface area contributed by atoms with E-state index in [0.717, 1.165) is 50.1 Å². The summed E-state index contributed by atoms with van der Waals surface area (Å²) in [5.41, 5.74) is 2.24. The Morgan fingerprint density at radius 3 is 2.57 bits per heavy atom. The largest absolute Gasteiger partial charge is 0.497 e. The molecular formula is C23H29FN2O2. The lowest BCUT2D eigenvalue weighted by atomic mass is 9.90. The third kappa shape index (κ3) is 6.34. The number of hydrogen-bond donors (Lipinski definition) is 1. The molecule has 0 radical (unpaired) electrons. The predicted octanol–water partition coefficient (Wildman–Crippen LogP) is 3.45. The molecule has 2 aromatic carbocycles.